The largest absolute Gasteiger partial charge is 0.394 e. The first-order valence-corrected chi connectivity index (χ1v) is 6.26. The van der Waals surface area contributed by atoms with Gasteiger partial charge in [-0.2, -0.15) is 0 Å². The summed E-state index contributed by atoms with van der Waals surface area (Å²) < 4.78 is 0. The molecule has 0 fully saturated rings. The summed E-state index contributed by atoms with van der Waals surface area (Å²) in [6.07, 6.45) is 4.04. The lowest BCUT2D eigenvalue weighted by molar-refractivity contribution is -0.117. The van der Waals surface area contributed by atoms with E-state index in [-0.39, 0.29) is 18.6 Å². The maximum atomic E-state index is 11.7. The number of aliphatic hydroxyl groups excluding tert-OH is 1. The van der Waals surface area contributed by atoms with Gasteiger partial charge in [0.05, 0.1) is 12.6 Å². The van der Waals surface area contributed by atoms with Gasteiger partial charge in [0, 0.05) is 6.08 Å². The van der Waals surface area contributed by atoms with Crippen LogP contribution in [0.4, 0.5) is 0 Å². The van der Waals surface area contributed by atoms with Crippen molar-refractivity contribution in [3.8, 4) is 0 Å². The molecule has 0 saturated heterocycles. The summed E-state index contributed by atoms with van der Waals surface area (Å²) >= 11 is 0. The lowest BCUT2D eigenvalue weighted by atomic mass is 10.0. The van der Waals surface area contributed by atoms with Gasteiger partial charge in [-0.1, -0.05) is 44.2 Å². The number of carbonyl (C=O) groups is 1. The van der Waals surface area contributed by atoms with Crippen LogP contribution in [-0.4, -0.2) is 23.7 Å². The maximum absolute atomic E-state index is 11.7. The number of hydrogen-bond acceptors (Lipinski definition) is 2. The Morgan fingerprint density at radius 1 is 1.33 bits per heavy atom. The molecular weight excluding hydrogens is 226 g/mol. The van der Waals surface area contributed by atoms with Gasteiger partial charge in [-0.05, 0) is 24.0 Å². The molecule has 0 radical (unpaired) electrons. The van der Waals surface area contributed by atoms with E-state index in [4.69, 9.17) is 0 Å². The number of benzene rings is 1. The molecular formula is C15H21NO2. The Morgan fingerprint density at radius 2 is 2.00 bits per heavy atom. The summed E-state index contributed by atoms with van der Waals surface area (Å²) in [6.45, 7) is 4.10. The van der Waals surface area contributed by atoms with E-state index < -0.39 is 0 Å². The Morgan fingerprint density at radius 3 is 2.56 bits per heavy atom. The SMILES string of the molecule is CC(C)CC(CO)NC(=O)/C=C/c1ccccc1. The summed E-state index contributed by atoms with van der Waals surface area (Å²) in [5, 5.41) is 12.0. The molecule has 2 N–H and O–H groups in total. The van der Waals surface area contributed by atoms with E-state index in [1.165, 1.54) is 6.08 Å². The van der Waals surface area contributed by atoms with Gasteiger partial charge in [0.15, 0.2) is 0 Å². The first-order chi connectivity index (χ1) is 8.61. The minimum atomic E-state index is -0.169. The van der Waals surface area contributed by atoms with Crippen LogP contribution in [0.25, 0.3) is 6.08 Å². The van der Waals surface area contributed by atoms with E-state index in [1.54, 1.807) is 6.08 Å². The van der Waals surface area contributed by atoms with Crippen LogP contribution in [-0.2, 0) is 4.79 Å². The highest BCUT2D eigenvalue weighted by molar-refractivity contribution is 5.91. The number of aliphatic hydroxyl groups is 1. The van der Waals surface area contributed by atoms with Crippen molar-refractivity contribution in [1.29, 1.82) is 0 Å². The fourth-order valence-electron chi connectivity index (χ4n) is 1.73. The lowest BCUT2D eigenvalue weighted by Crippen LogP contribution is -2.37. The minimum absolute atomic E-state index is 0.0247. The Hall–Kier alpha value is -1.61. The van der Waals surface area contributed by atoms with Gasteiger partial charge in [-0.25, -0.2) is 0 Å². The average molecular weight is 247 g/mol. The molecule has 0 heterocycles. The van der Waals surface area contributed by atoms with Crippen molar-refractivity contribution in [3.63, 3.8) is 0 Å². The zero-order valence-electron chi connectivity index (χ0n) is 11.0. The standard InChI is InChI=1S/C15H21NO2/c1-12(2)10-14(11-17)16-15(18)9-8-13-6-4-3-5-7-13/h3-9,12,14,17H,10-11H2,1-2H3,(H,16,18)/b9-8+. The van der Waals surface area contributed by atoms with Crippen LogP contribution < -0.4 is 5.32 Å². The highest BCUT2D eigenvalue weighted by Gasteiger charge is 2.10. The van der Waals surface area contributed by atoms with Gasteiger partial charge in [-0.3, -0.25) is 4.79 Å². The van der Waals surface area contributed by atoms with E-state index in [9.17, 15) is 9.90 Å². The zero-order valence-corrected chi connectivity index (χ0v) is 11.0. The van der Waals surface area contributed by atoms with Crippen molar-refractivity contribution in [2.75, 3.05) is 6.61 Å². The molecule has 3 nitrogen and oxygen atoms in total. The Labute approximate surface area is 109 Å². The smallest absolute Gasteiger partial charge is 0.244 e. The average Bonchev–Trinajstić information content (AvgIpc) is 2.36. The fourth-order valence-corrected chi connectivity index (χ4v) is 1.73. The van der Waals surface area contributed by atoms with Crippen LogP contribution in [0.5, 0.6) is 0 Å². The van der Waals surface area contributed by atoms with Crippen LogP contribution >= 0.6 is 0 Å². The number of amides is 1. The molecule has 1 amide bonds. The zero-order chi connectivity index (χ0) is 13.4. The number of carbonyl (C=O) groups excluding carboxylic acids is 1. The lowest BCUT2D eigenvalue weighted by Gasteiger charge is -2.17. The molecule has 0 aliphatic heterocycles. The van der Waals surface area contributed by atoms with Gasteiger partial charge >= 0.3 is 0 Å². The van der Waals surface area contributed by atoms with Crippen LogP contribution in [0.1, 0.15) is 25.8 Å². The highest BCUT2D eigenvalue weighted by Crippen LogP contribution is 2.05. The predicted octanol–water partition coefficient (Wildman–Crippen LogP) is 2.22. The Kier molecular flexibility index (Phi) is 6.15. The van der Waals surface area contributed by atoms with Gasteiger partial charge in [0.25, 0.3) is 0 Å². The maximum Gasteiger partial charge on any atom is 0.244 e. The summed E-state index contributed by atoms with van der Waals surface area (Å²) in [5.74, 6) is 0.277. The van der Waals surface area contributed by atoms with Crippen LogP contribution in [0.3, 0.4) is 0 Å². The van der Waals surface area contributed by atoms with E-state index >= 15 is 0 Å². The second kappa shape index (κ2) is 7.67. The van der Waals surface area contributed by atoms with E-state index in [0.29, 0.717) is 5.92 Å². The topological polar surface area (TPSA) is 49.3 Å². The third-order valence-electron chi connectivity index (χ3n) is 2.55. The van der Waals surface area contributed by atoms with Crippen LogP contribution in [0.15, 0.2) is 36.4 Å². The number of rotatable bonds is 6. The monoisotopic (exact) mass is 247 g/mol. The molecule has 1 unspecified atom stereocenters. The summed E-state index contributed by atoms with van der Waals surface area (Å²) in [4.78, 5) is 11.7. The number of hydrogen-bond donors (Lipinski definition) is 2. The van der Waals surface area contributed by atoms with Crippen molar-refractivity contribution < 1.29 is 9.90 Å². The van der Waals surface area contributed by atoms with Crippen molar-refractivity contribution >= 4 is 12.0 Å². The van der Waals surface area contributed by atoms with Crippen molar-refractivity contribution in [2.24, 2.45) is 5.92 Å². The predicted molar refractivity (Wildman–Crippen MR) is 73.9 cm³/mol. The van der Waals surface area contributed by atoms with Crippen molar-refractivity contribution in [3.05, 3.63) is 42.0 Å². The molecule has 1 rings (SSSR count). The molecule has 0 aliphatic rings. The molecule has 1 aromatic carbocycles. The van der Waals surface area contributed by atoms with Gasteiger partial charge < -0.3 is 10.4 Å². The summed E-state index contributed by atoms with van der Waals surface area (Å²) in [7, 11) is 0. The summed E-state index contributed by atoms with van der Waals surface area (Å²) in [5.41, 5.74) is 0.983. The molecule has 18 heavy (non-hydrogen) atoms. The quantitative estimate of drug-likeness (QED) is 0.757. The molecule has 0 spiro atoms. The van der Waals surface area contributed by atoms with Crippen molar-refractivity contribution in [2.45, 2.75) is 26.3 Å². The first kappa shape index (κ1) is 14.5. The van der Waals surface area contributed by atoms with Crippen molar-refractivity contribution in [1.82, 2.24) is 5.32 Å². The molecule has 3 heteroatoms. The molecule has 98 valence electrons. The molecule has 0 aromatic heterocycles. The van der Waals surface area contributed by atoms with E-state index in [0.717, 1.165) is 12.0 Å². The van der Waals surface area contributed by atoms with Gasteiger partial charge in [0.2, 0.25) is 5.91 Å². The molecule has 0 aliphatic carbocycles. The third kappa shape index (κ3) is 5.64. The molecule has 0 saturated carbocycles. The van der Waals surface area contributed by atoms with Crippen LogP contribution in [0.2, 0.25) is 0 Å². The summed E-state index contributed by atoms with van der Waals surface area (Å²) in [6, 6.07) is 9.47. The second-order valence-electron chi connectivity index (χ2n) is 4.76. The Bertz CT molecular complexity index is 385. The van der Waals surface area contributed by atoms with E-state index in [1.807, 2.05) is 30.3 Å². The molecule has 1 aromatic rings. The minimum Gasteiger partial charge on any atom is -0.394 e. The fraction of sp³-hybridized carbons (Fsp3) is 0.400. The third-order valence-corrected chi connectivity index (χ3v) is 2.55. The highest BCUT2D eigenvalue weighted by atomic mass is 16.3. The van der Waals surface area contributed by atoms with Gasteiger partial charge in [0.1, 0.15) is 0 Å². The number of nitrogens with one attached hydrogen (secondary N) is 1. The first-order valence-electron chi connectivity index (χ1n) is 6.26. The van der Waals surface area contributed by atoms with Crippen LogP contribution in [0, 0.1) is 5.92 Å². The molecule has 0 bridgehead atoms. The molecule has 1 atom stereocenters. The second-order valence-corrected chi connectivity index (χ2v) is 4.76. The Balaban J connectivity index is 2.48. The van der Waals surface area contributed by atoms with E-state index in [2.05, 4.69) is 19.2 Å². The van der Waals surface area contributed by atoms with Gasteiger partial charge in [-0.15, -0.1) is 0 Å². The normalized spacial score (nSPS) is 12.9.